The smallest absolute Gasteiger partial charge is 0.318 e. The third kappa shape index (κ3) is 3.67. The second-order valence-corrected chi connectivity index (χ2v) is 5.44. The van der Waals surface area contributed by atoms with Crippen molar-refractivity contribution in [1.82, 2.24) is 0 Å². The van der Waals surface area contributed by atoms with Gasteiger partial charge in [-0.1, -0.05) is 72.8 Å². The summed E-state index contributed by atoms with van der Waals surface area (Å²) in [5.41, 5.74) is 3.25. The van der Waals surface area contributed by atoms with Crippen molar-refractivity contribution in [2.75, 3.05) is 0 Å². The van der Waals surface area contributed by atoms with E-state index >= 15 is 0 Å². The van der Waals surface area contributed by atoms with Gasteiger partial charge in [0.15, 0.2) is 0 Å². The first kappa shape index (κ1) is 15.0. The fourth-order valence-corrected chi connectivity index (χ4v) is 2.42. The van der Waals surface area contributed by atoms with Gasteiger partial charge in [-0.25, -0.2) is 0 Å². The highest BCUT2D eigenvalue weighted by atomic mass is 16.5. The van der Waals surface area contributed by atoms with E-state index in [1.165, 1.54) is 5.56 Å². The van der Waals surface area contributed by atoms with Gasteiger partial charge in [0, 0.05) is 0 Å². The van der Waals surface area contributed by atoms with E-state index in [0.29, 0.717) is 5.75 Å². The van der Waals surface area contributed by atoms with Crippen LogP contribution >= 0.6 is 0 Å². The van der Waals surface area contributed by atoms with Crippen LogP contribution in [-0.2, 0) is 4.79 Å². The maximum Gasteiger partial charge on any atom is 0.318 e. The summed E-state index contributed by atoms with van der Waals surface area (Å²) in [6.45, 7) is 1.86. The first-order valence-corrected chi connectivity index (χ1v) is 7.66. The summed E-state index contributed by atoms with van der Waals surface area (Å²) < 4.78 is 5.41. The van der Waals surface area contributed by atoms with E-state index in [0.717, 1.165) is 11.1 Å². The molecule has 0 spiro atoms. The van der Waals surface area contributed by atoms with Gasteiger partial charge < -0.3 is 4.74 Å². The van der Waals surface area contributed by atoms with Crippen molar-refractivity contribution < 1.29 is 9.53 Å². The predicted octanol–water partition coefficient (Wildman–Crippen LogP) is 5.06. The Kier molecular flexibility index (Phi) is 4.53. The lowest BCUT2D eigenvalue weighted by molar-refractivity contribution is -0.135. The van der Waals surface area contributed by atoms with E-state index < -0.39 is 0 Å². The molecule has 0 radical (unpaired) electrons. The molecule has 0 amide bonds. The van der Waals surface area contributed by atoms with Crippen LogP contribution in [0.5, 0.6) is 5.75 Å². The van der Waals surface area contributed by atoms with Crippen LogP contribution in [0, 0.1) is 0 Å². The number of hydrogen-bond donors (Lipinski definition) is 0. The lowest BCUT2D eigenvalue weighted by Crippen LogP contribution is -2.16. The van der Waals surface area contributed by atoms with Crippen LogP contribution in [-0.4, -0.2) is 5.97 Å². The normalized spacial score (nSPS) is 11.7. The molecule has 0 aliphatic rings. The largest absolute Gasteiger partial charge is 0.426 e. The highest BCUT2D eigenvalue weighted by Gasteiger charge is 2.17. The Morgan fingerprint density at radius 1 is 0.739 bits per heavy atom. The predicted molar refractivity (Wildman–Crippen MR) is 92.4 cm³/mol. The van der Waals surface area contributed by atoms with Gasteiger partial charge in [-0.3, -0.25) is 4.79 Å². The minimum Gasteiger partial charge on any atom is -0.426 e. The quantitative estimate of drug-likeness (QED) is 0.497. The molecule has 3 aromatic carbocycles. The van der Waals surface area contributed by atoms with Crippen molar-refractivity contribution in [2.45, 2.75) is 12.8 Å². The number of para-hydroxylation sites is 1. The van der Waals surface area contributed by atoms with E-state index in [4.69, 9.17) is 4.74 Å². The second kappa shape index (κ2) is 6.93. The molecule has 0 aliphatic carbocycles. The fraction of sp³-hybridized carbons (Fsp3) is 0.0952. The number of hydrogen-bond acceptors (Lipinski definition) is 2. The van der Waals surface area contributed by atoms with Gasteiger partial charge in [0.25, 0.3) is 0 Å². The van der Waals surface area contributed by atoms with Gasteiger partial charge in [-0.2, -0.15) is 0 Å². The Balaban J connectivity index is 1.72. The van der Waals surface area contributed by atoms with Crippen LogP contribution in [0.3, 0.4) is 0 Å². The van der Waals surface area contributed by atoms with Crippen molar-refractivity contribution in [2.24, 2.45) is 0 Å². The molecule has 0 heterocycles. The highest BCUT2D eigenvalue weighted by Crippen LogP contribution is 2.24. The number of benzene rings is 3. The van der Waals surface area contributed by atoms with Gasteiger partial charge in [0.05, 0.1) is 5.92 Å². The zero-order valence-corrected chi connectivity index (χ0v) is 13.0. The first-order valence-electron chi connectivity index (χ1n) is 7.66. The Labute approximate surface area is 136 Å². The van der Waals surface area contributed by atoms with Crippen LogP contribution in [0.2, 0.25) is 0 Å². The third-order valence-corrected chi connectivity index (χ3v) is 3.83. The lowest BCUT2D eigenvalue weighted by atomic mass is 9.97. The Hall–Kier alpha value is -2.87. The highest BCUT2D eigenvalue weighted by molar-refractivity contribution is 5.80. The zero-order valence-electron chi connectivity index (χ0n) is 13.0. The summed E-state index contributed by atoms with van der Waals surface area (Å²) in [4.78, 5) is 12.2. The molecular weight excluding hydrogens is 284 g/mol. The number of carbonyl (C=O) groups is 1. The minimum atomic E-state index is -0.306. The van der Waals surface area contributed by atoms with Crippen molar-refractivity contribution in [3.05, 3.63) is 90.5 Å². The van der Waals surface area contributed by atoms with Crippen LogP contribution < -0.4 is 4.74 Å². The van der Waals surface area contributed by atoms with Gasteiger partial charge in [-0.05, 0) is 35.7 Å². The van der Waals surface area contributed by atoms with Crippen molar-refractivity contribution >= 4 is 5.97 Å². The van der Waals surface area contributed by atoms with Gasteiger partial charge in [0.2, 0.25) is 0 Å². The standard InChI is InChI=1S/C21H18O2/c1-16(21(22)23-20-10-6-3-7-11-20)17-12-14-19(15-13-17)18-8-4-2-5-9-18/h2-16H,1H3/t16-/m0/s1. The van der Waals surface area contributed by atoms with Crippen molar-refractivity contribution in [3.63, 3.8) is 0 Å². The molecule has 0 N–H and O–H groups in total. The topological polar surface area (TPSA) is 26.3 Å². The molecule has 0 saturated carbocycles. The maximum atomic E-state index is 12.2. The van der Waals surface area contributed by atoms with E-state index in [-0.39, 0.29) is 11.9 Å². The van der Waals surface area contributed by atoms with E-state index in [1.54, 1.807) is 12.1 Å². The molecule has 0 aromatic heterocycles. The summed E-state index contributed by atoms with van der Waals surface area (Å²) in [5.74, 6) is 0.0222. The van der Waals surface area contributed by atoms with Gasteiger partial charge in [-0.15, -0.1) is 0 Å². The Bertz CT molecular complexity index is 762. The average molecular weight is 302 g/mol. The maximum absolute atomic E-state index is 12.2. The monoisotopic (exact) mass is 302 g/mol. The molecule has 0 saturated heterocycles. The van der Waals surface area contributed by atoms with E-state index in [2.05, 4.69) is 12.1 Å². The molecule has 2 heteroatoms. The zero-order chi connectivity index (χ0) is 16.1. The molecule has 1 atom stereocenters. The number of esters is 1. The SMILES string of the molecule is C[C@H](C(=O)Oc1ccccc1)c1ccc(-c2ccccc2)cc1. The molecule has 114 valence electrons. The van der Waals surface area contributed by atoms with Crippen LogP contribution in [0.1, 0.15) is 18.4 Å². The van der Waals surface area contributed by atoms with E-state index in [1.807, 2.05) is 67.6 Å². The molecule has 0 aliphatic heterocycles. The summed E-state index contributed by atoms with van der Waals surface area (Å²) in [7, 11) is 0. The second-order valence-electron chi connectivity index (χ2n) is 5.44. The van der Waals surface area contributed by atoms with Gasteiger partial charge >= 0.3 is 5.97 Å². The molecule has 0 fully saturated rings. The number of rotatable bonds is 4. The minimum absolute atomic E-state index is 0.247. The molecule has 23 heavy (non-hydrogen) atoms. The van der Waals surface area contributed by atoms with Crippen molar-refractivity contribution in [3.8, 4) is 16.9 Å². The summed E-state index contributed by atoms with van der Waals surface area (Å²) >= 11 is 0. The van der Waals surface area contributed by atoms with Gasteiger partial charge in [0.1, 0.15) is 5.75 Å². The number of ether oxygens (including phenoxy) is 1. The molecule has 2 nitrogen and oxygen atoms in total. The average Bonchev–Trinajstić information content (AvgIpc) is 2.63. The van der Waals surface area contributed by atoms with Crippen LogP contribution in [0.15, 0.2) is 84.9 Å². The Morgan fingerprint density at radius 2 is 1.26 bits per heavy atom. The lowest BCUT2D eigenvalue weighted by Gasteiger charge is -2.12. The first-order chi connectivity index (χ1) is 11.2. The van der Waals surface area contributed by atoms with Crippen LogP contribution in [0.25, 0.3) is 11.1 Å². The Morgan fingerprint density at radius 3 is 1.87 bits per heavy atom. The molecule has 0 bridgehead atoms. The summed E-state index contributed by atoms with van der Waals surface area (Å²) in [5, 5.41) is 0. The van der Waals surface area contributed by atoms with Crippen LogP contribution in [0.4, 0.5) is 0 Å². The van der Waals surface area contributed by atoms with Crippen molar-refractivity contribution in [1.29, 1.82) is 0 Å². The molecular formula is C21H18O2. The summed E-state index contributed by atoms with van der Waals surface area (Å²) in [6.07, 6.45) is 0. The van der Waals surface area contributed by atoms with E-state index in [9.17, 15) is 4.79 Å². The molecule has 0 unspecified atom stereocenters. The molecule has 3 rings (SSSR count). The number of carbonyl (C=O) groups excluding carboxylic acids is 1. The third-order valence-electron chi connectivity index (χ3n) is 3.83. The fourth-order valence-electron chi connectivity index (χ4n) is 2.42. The molecule has 3 aromatic rings. The summed E-state index contributed by atoms with van der Waals surface area (Å²) in [6, 6.07) is 27.4.